The van der Waals surface area contributed by atoms with Gasteiger partial charge in [-0.2, -0.15) is 0 Å². The zero-order valence-electron chi connectivity index (χ0n) is 9.68. The largest absolute Gasteiger partial charge is 0.442 e. The molecule has 1 atom stereocenters. The summed E-state index contributed by atoms with van der Waals surface area (Å²) in [6.07, 6.45) is -0.983. The van der Waals surface area contributed by atoms with Crippen LogP contribution in [0.2, 0.25) is 5.02 Å². The Kier molecular flexibility index (Phi) is 2.67. The number of ketones is 1. The molecule has 0 radical (unpaired) electrons. The molecule has 0 bridgehead atoms. The summed E-state index contributed by atoms with van der Waals surface area (Å²) >= 11 is 5.94. The maximum absolute atomic E-state index is 11.9. The molecule has 2 heterocycles. The molecular weight excluding hydrogens is 272 g/mol. The van der Waals surface area contributed by atoms with E-state index < -0.39 is 23.9 Å². The number of fused-ring (bicyclic) bond motifs is 1. The molecule has 0 aliphatic carbocycles. The van der Waals surface area contributed by atoms with Gasteiger partial charge in [-0.05, 0) is 12.1 Å². The summed E-state index contributed by atoms with van der Waals surface area (Å²) in [5.74, 6) is -1.27. The van der Waals surface area contributed by atoms with Gasteiger partial charge in [0.25, 0.3) is 11.7 Å². The van der Waals surface area contributed by atoms with E-state index in [-0.39, 0.29) is 17.1 Å². The number of carbonyl (C=O) groups is 3. The Hall–Kier alpha value is -2.08. The molecule has 2 aliphatic heterocycles. The van der Waals surface area contributed by atoms with Gasteiger partial charge in [-0.3, -0.25) is 9.59 Å². The van der Waals surface area contributed by atoms with Crippen molar-refractivity contribution in [3.63, 3.8) is 0 Å². The zero-order chi connectivity index (χ0) is 13.6. The monoisotopic (exact) mass is 280 g/mol. The van der Waals surface area contributed by atoms with Gasteiger partial charge in [0.15, 0.2) is 0 Å². The van der Waals surface area contributed by atoms with Gasteiger partial charge in [0, 0.05) is 0 Å². The fraction of sp³-hybridized carbons (Fsp3) is 0.250. The number of nitrogens with one attached hydrogen (secondary N) is 1. The van der Waals surface area contributed by atoms with Crippen LogP contribution in [0.25, 0.3) is 0 Å². The van der Waals surface area contributed by atoms with E-state index in [0.29, 0.717) is 12.2 Å². The second-order valence-corrected chi connectivity index (χ2v) is 4.69. The lowest BCUT2D eigenvalue weighted by Crippen LogP contribution is -2.38. The number of alkyl carbamates (subject to hydrolysis) is 1. The van der Waals surface area contributed by atoms with Crippen LogP contribution in [0, 0.1) is 0 Å². The minimum Gasteiger partial charge on any atom is -0.442 e. The van der Waals surface area contributed by atoms with E-state index in [1.165, 1.54) is 4.90 Å². The highest BCUT2D eigenvalue weighted by atomic mass is 35.5. The summed E-state index contributed by atoms with van der Waals surface area (Å²) in [5, 5.41) is 2.74. The lowest BCUT2D eigenvalue weighted by Gasteiger charge is -2.19. The van der Waals surface area contributed by atoms with E-state index >= 15 is 0 Å². The molecule has 0 aromatic heterocycles. The van der Waals surface area contributed by atoms with Gasteiger partial charge in [0.2, 0.25) is 0 Å². The number of amides is 2. The standard InChI is InChI=1S/C12H9ClN2O4/c13-7-2-1-3-8-9(7)10(16)11(17)15(8)5-6-4-14-12(18)19-6/h1-3,6H,4-5H2,(H,14,18). The third kappa shape index (κ3) is 1.84. The summed E-state index contributed by atoms with van der Waals surface area (Å²) in [4.78, 5) is 36.1. The molecule has 1 unspecified atom stereocenters. The number of halogens is 1. The van der Waals surface area contributed by atoms with Gasteiger partial charge in [0.05, 0.1) is 29.4 Å². The average Bonchev–Trinajstić information content (AvgIpc) is 2.88. The van der Waals surface area contributed by atoms with Crippen LogP contribution < -0.4 is 10.2 Å². The van der Waals surface area contributed by atoms with Gasteiger partial charge >= 0.3 is 6.09 Å². The third-order valence-electron chi connectivity index (χ3n) is 3.08. The van der Waals surface area contributed by atoms with Gasteiger partial charge in [-0.25, -0.2) is 4.79 Å². The number of hydrogen-bond acceptors (Lipinski definition) is 4. The van der Waals surface area contributed by atoms with Crippen LogP contribution >= 0.6 is 11.6 Å². The van der Waals surface area contributed by atoms with Crippen LogP contribution in [0.4, 0.5) is 10.5 Å². The van der Waals surface area contributed by atoms with Crippen molar-refractivity contribution in [2.75, 3.05) is 18.0 Å². The van der Waals surface area contributed by atoms with Crippen molar-refractivity contribution in [1.29, 1.82) is 0 Å². The summed E-state index contributed by atoms with van der Waals surface area (Å²) in [6, 6.07) is 4.87. The second-order valence-electron chi connectivity index (χ2n) is 4.29. The highest BCUT2D eigenvalue weighted by molar-refractivity contribution is 6.55. The second kappa shape index (κ2) is 4.24. The number of nitrogens with zero attached hydrogens (tertiary/aromatic N) is 1. The van der Waals surface area contributed by atoms with Crippen molar-refractivity contribution in [3.8, 4) is 0 Å². The van der Waals surface area contributed by atoms with Gasteiger partial charge in [-0.1, -0.05) is 17.7 Å². The number of Topliss-reactive ketones (excluding diaryl/α,β-unsaturated/α-hetero) is 1. The first-order valence-corrected chi connectivity index (χ1v) is 6.05. The Balaban J connectivity index is 1.91. The molecule has 0 saturated carbocycles. The molecule has 1 aromatic carbocycles. The molecule has 7 heteroatoms. The Bertz CT molecular complexity index is 601. The minimum absolute atomic E-state index is 0.136. The van der Waals surface area contributed by atoms with Crippen molar-refractivity contribution in [1.82, 2.24) is 5.32 Å². The van der Waals surface area contributed by atoms with Crippen LogP contribution in [-0.2, 0) is 9.53 Å². The molecule has 3 rings (SSSR count). The Morgan fingerprint density at radius 3 is 2.84 bits per heavy atom. The number of carbonyl (C=O) groups excluding carboxylic acids is 3. The molecular formula is C12H9ClN2O4. The summed E-state index contributed by atoms with van der Waals surface area (Å²) in [7, 11) is 0. The Morgan fingerprint density at radius 2 is 2.16 bits per heavy atom. The number of anilines is 1. The van der Waals surface area contributed by atoms with Crippen LogP contribution in [0.1, 0.15) is 10.4 Å². The van der Waals surface area contributed by atoms with Crippen LogP contribution in [0.5, 0.6) is 0 Å². The molecule has 1 fully saturated rings. The van der Waals surface area contributed by atoms with Crippen molar-refractivity contribution >= 4 is 35.1 Å². The molecule has 1 saturated heterocycles. The molecule has 2 aliphatic rings. The molecule has 1 aromatic rings. The van der Waals surface area contributed by atoms with E-state index in [1.54, 1.807) is 18.2 Å². The maximum Gasteiger partial charge on any atom is 0.407 e. The summed E-state index contributed by atoms with van der Waals surface area (Å²) in [5.41, 5.74) is 0.678. The van der Waals surface area contributed by atoms with E-state index in [0.717, 1.165) is 0 Å². The normalized spacial score (nSPS) is 21.4. The minimum atomic E-state index is -0.647. The topological polar surface area (TPSA) is 75.7 Å². The van der Waals surface area contributed by atoms with Crippen molar-refractivity contribution < 1.29 is 19.1 Å². The third-order valence-corrected chi connectivity index (χ3v) is 3.40. The predicted octanol–water partition coefficient (Wildman–Crippen LogP) is 0.978. The Labute approximate surface area is 113 Å². The maximum atomic E-state index is 11.9. The number of ether oxygens (including phenoxy) is 1. The molecule has 2 amide bonds. The number of benzene rings is 1. The van der Waals surface area contributed by atoms with Crippen LogP contribution in [-0.4, -0.2) is 37.0 Å². The lowest BCUT2D eigenvalue weighted by atomic mass is 10.1. The van der Waals surface area contributed by atoms with Crippen molar-refractivity contribution in [3.05, 3.63) is 28.8 Å². The SMILES string of the molecule is O=C1NCC(CN2C(=O)C(=O)c3c(Cl)cccc32)O1. The van der Waals surface area contributed by atoms with E-state index in [1.807, 2.05) is 0 Å². The smallest absolute Gasteiger partial charge is 0.407 e. The number of cyclic esters (lactones) is 1. The summed E-state index contributed by atoms with van der Waals surface area (Å²) in [6.45, 7) is 0.448. The Morgan fingerprint density at radius 1 is 1.37 bits per heavy atom. The van der Waals surface area contributed by atoms with Crippen LogP contribution in [0.3, 0.4) is 0 Å². The average molecular weight is 281 g/mol. The van der Waals surface area contributed by atoms with Gasteiger partial charge in [-0.15, -0.1) is 0 Å². The predicted molar refractivity (Wildman–Crippen MR) is 66.4 cm³/mol. The molecule has 98 valence electrons. The van der Waals surface area contributed by atoms with Crippen LogP contribution in [0.15, 0.2) is 18.2 Å². The first kappa shape index (κ1) is 12.0. The van der Waals surface area contributed by atoms with Crippen molar-refractivity contribution in [2.24, 2.45) is 0 Å². The quantitative estimate of drug-likeness (QED) is 0.819. The summed E-state index contributed by atoms with van der Waals surface area (Å²) < 4.78 is 4.96. The number of rotatable bonds is 2. The highest BCUT2D eigenvalue weighted by Gasteiger charge is 2.39. The van der Waals surface area contributed by atoms with Crippen molar-refractivity contribution in [2.45, 2.75) is 6.10 Å². The van der Waals surface area contributed by atoms with Gasteiger partial charge < -0.3 is 15.0 Å². The molecule has 19 heavy (non-hydrogen) atoms. The molecule has 6 nitrogen and oxygen atoms in total. The molecule has 1 N–H and O–H groups in total. The molecule has 0 spiro atoms. The first-order valence-electron chi connectivity index (χ1n) is 5.67. The number of hydrogen-bond donors (Lipinski definition) is 1. The fourth-order valence-electron chi connectivity index (χ4n) is 2.22. The van der Waals surface area contributed by atoms with E-state index in [4.69, 9.17) is 16.3 Å². The van der Waals surface area contributed by atoms with E-state index in [9.17, 15) is 14.4 Å². The first-order chi connectivity index (χ1) is 9.08. The highest BCUT2D eigenvalue weighted by Crippen LogP contribution is 2.34. The fourth-order valence-corrected chi connectivity index (χ4v) is 2.48. The van der Waals surface area contributed by atoms with E-state index in [2.05, 4.69) is 5.32 Å². The zero-order valence-corrected chi connectivity index (χ0v) is 10.4. The van der Waals surface area contributed by atoms with Gasteiger partial charge in [0.1, 0.15) is 6.10 Å². The lowest BCUT2D eigenvalue weighted by molar-refractivity contribution is -0.114.